The van der Waals surface area contributed by atoms with Gasteiger partial charge in [-0.05, 0) is 49.6 Å². The fourth-order valence-corrected chi connectivity index (χ4v) is 3.56. The summed E-state index contributed by atoms with van der Waals surface area (Å²) in [6.45, 7) is 8.23. The Balaban J connectivity index is 1.72. The van der Waals surface area contributed by atoms with Crippen molar-refractivity contribution in [3.05, 3.63) is 53.6 Å². The van der Waals surface area contributed by atoms with Crippen molar-refractivity contribution < 1.29 is 19.0 Å². The van der Waals surface area contributed by atoms with Gasteiger partial charge >= 0.3 is 0 Å². The van der Waals surface area contributed by atoms with Gasteiger partial charge in [-0.1, -0.05) is 32.0 Å². The number of para-hydroxylation sites is 1. The van der Waals surface area contributed by atoms with Crippen molar-refractivity contribution in [2.24, 2.45) is 0 Å². The molecule has 0 bridgehead atoms. The minimum Gasteiger partial charge on any atom is -0.497 e. The van der Waals surface area contributed by atoms with Gasteiger partial charge in [0.1, 0.15) is 22.8 Å². The zero-order valence-corrected chi connectivity index (χ0v) is 17.2. The number of rotatable bonds is 6. The predicted molar refractivity (Wildman–Crippen MR) is 109 cm³/mol. The number of methoxy groups -OCH3 is 1. The third kappa shape index (κ3) is 4.58. The first kappa shape index (κ1) is 20.1. The molecule has 5 heteroatoms. The number of benzene rings is 2. The summed E-state index contributed by atoms with van der Waals surface area (Å²) in [6, 6.07) is 13.4. The van der Waals surface area contributed by atoms with Crippen molar-refractivity contribution in [3.8, 4) is 17.2 Å². The molecule has 1 aliphatic rings. The average molecular weight is 383 g/mol. The van der Waals surface area contributed by atoms with Gasteiger partial charge in [-0.25, -0.2) is 0 Å². The van der Waals surface area contributed by atoms with E-state index in [1.165, 1.54) is 0 Å². The van der Waals surface area contributed by atoms with E-state index in [9.17, 15) is 4.79 Å². The molecule has 1 aliphatic heterocycles. The minimum absolute atomic E-state index is 0.0270. The zero-order chi connectivity index (χ0) is 20.3. The SMILES string of the molecule is COc1ccc2c(c1)[C@H](NC(=O)COc1ccccc1C(C)C)CC(C)(C)O2. The minimum atomic E-state index is -0.370. The Labute approximate surface area is 167 Å². The summed E-state index contributed by atoms with van der Waals surface area (Å²) in [7, 11) is 1.63. The van der Waals surface area contributed by atoms with Gasteiger partial charge in [-0.15, -0.1) is 0 Å². The number of carbonyl (C=O) groups is 1. The first-order valence-corrected chi connectivity index (χ1v) is 9.67. The topological polar surface area (TPSA) is 56.8 Å². The molecule has 2 aromatic rings. The Morgan fingerprint density at radius 1 is 1.25 bits per heavy atom. The van der Waals surface area contributed by atoms with Gasteiger partial charge in [-0.3, -0.25) is 4.79 Å². The van der Waals surface area contributed by atoms with Crippen molar-refractivity contribution in [2.45, 2.75) is 51.7 Å². The molecule has 0 aromatic heterocycles. The van der Waals surface area contributed by atoms with Gasteiger partial charge in [-0.2, -0.15) is 0 Å². The second-order valence-electron chi connectivity index (χ2n) is 8.07. The molecule has 2 aromatic carbocycles. The van der Waals surface area contributed by atoms with Gasteiger partial charge in [0.15, 0.2) is 6.61 Å². The lowest BCUT2D eigenvalue weighted by Crippen LogP contribution is -2.42. The Kier molecular flexibility index (Phi) is 5.82. The number of carbonyl (C=O) groups excluding carboxylic acids is 1. The van der Waals surface area contributed by atoms with E-state index < -0.39 is 0 Å². The second kappa shape index (κ2) is 8.13. The maximum atomic E-state index is 12.6. The molecule has 1 N–H and O–H groups in total. The van der Waals surface area contributed by atoms with E-state index in [0.717, 1.165) is 28.4 Å². The summed E-state index contributed by atoms with van der Waals surface area (Å²) in [4.78, 5) is 12.6. The third-order valence-corrected chi connectivity index (χ3v) is 4.91. The standard InChI is InChI=1S/C23H29NO4/c1-15(2)17-8-6-7-9-20(17)27-14-22(25)24-19-13-23(3,4)28-21-11-10-16(26-5)12-18(19)21/h6-12,15,19H,13-14H2,1-5H3,(H,24,25)/t19-/m1/s1. The van der Waals surface area contributed by atoms with Crippen LogP contribution in [0.5, 0.6) is 17.2 Å². The number of fused-ring (bicyclic) bond motifs is 1. The number of ether oxygens (including phenoxy) is 3. The van der Waals surface area contributed by atoms with E-state index in [2.05, 4.69) is 19.2 Å². The van der Waals surface area contributed by atoms with Crippen molar-refractivity contribution >= 4 is 5.91 Å². The summed E-state index contributed by atoms with van der Waals surface area (Å²) in [5.74, 6) is 2.43. The Morgan fingerprint density at radius 3 is 2.71 bits per heavy atom. The lowest BCUT2D eigenvalue weighted by Gasteiger charge is -2.38. The molecule has 0 radical (unpaired) electrons. The van der Waals surface area contributed by atoms with E-state index in [0.29, 0.717) is 12.3 Å². The van der Waals surface area contributed by atoms with Crippen molar-refractivity contribution in [1.29, 1.82) is 0 Å². The highest BCUT2D eigenvalue weighted by atomic mass is 16.5. The van der Waals surface area contributed by atoms with E-state index >= 15 is 0 Å². The van der Waals surface area contributed by atoms with Crippen molar-refractivity contribution in [3.63, 3.8) is 0 Å². The molecule has 0 fully saturated rings. The van der Waals surface area contributed by atoms with Crippen LogP contribution in [-0.2, 0) is 4.79 Å². The smallest absolute Gasteiger partial charge is 0.258 e. The fraction of sp³-hybridized carbons (Fsp3) is 0.435. The maximum absolute atomic E-state index is 12.6. The first-order chi connectivity index (χ1) is 13.3. The number of nitrogens with one attached hydrogen (secondary N) is 1. The van der Waals surface area contributed by atoms with Crippen LogP contribution in [0.1, 0.15) is 57.2 Å². The summed E-state index contributed by atoms with van der Waals surface area (Å²) in [5.41, 5.74) is 1.65. The number of amides is 1. The molecule has 0 saturated carbocycles. The molecule has 28 heavy (non-hydrogen) atoms. The quantitative estimate of drug-likeness (QED) is 0.791. The summed E-state index contributed by atoms with van der Waals surface area (Å²) in [5, 5.41) is 3.10. The fourth-order valence-electron chi connectivity index (χ4n) is 3.56. The van der Waals surface area contributed by atoms with Crippen molar-refractivity contribution in [1.82, 2.24) is 5.32 Å². The van der Waals surface area contributed by atoms with E-state index in [-0.39, 0.29) is 24.2 Å². The highest BCUT2D eigenvalue weighted by Crippen LogP contribution is 2.41. The predicted octanol–water partition coefficient (Wildman–Crippen LogP) is 4.62. The molecule has 1 heterocycles. The Bertz CT molecular complexity index is 844. The van der Waals surface area contributed by atoms with Gasteiger partial charge < -0.3 is 19.5 Å². The summed E-state index contributed by atoms with van der Waals surface area (Å²) < 4.78 is 17.2. The van der Waals surface area contributed by atoms with Crippen LogP contribution in [0, 0.1) is 0 Å². The molecule has 1 amide bonds. The zero-order valence-electron chi connectivity index (χ0n) is 17.2. The van der Waals surface area contributed by atoms with Crippen LogP contribution in [-0.4, -0.2) is 25.2 Å². The monoisotopic (exact) mass is 383 g/mol. The molecule has 1 atom stereocenters. The molecular formula is C23H29NO4. The average Bonchev–Trinajstić information content (AvgIpc) is 2.65. The molecule has 5 nitrogen and oxygen atoms in total. The van der Waals surface area contributed by atoms with Crippen LogP contribution < -0.4 is 19.5 Å². The lowest BCUT2D eigenvalue weighted by molar-refractivity contribution is -0.124. The van der Waals surface area contributed by atoms with Crippen LogP contribution in [0.25, 0.3) is 0 Å². The highest BCUT2D eigenvalue weighted by molar-refractivity contribution is 5.78. The first-order valence-electron chi connectivity index (χ1n) is 9.67. The van der Waals surface area contributed by atoms with Crippen LogP contribution >= 0.6 is 0 Å². The highest BCUT2D eigenvalue weighted by Gasteiger charge is 2.35. The van der Waals surface area contributed by atoms with Crippen LogP contribution in [0.2, 0.25) is 0 Å². The van der Waals surface area contributed by atoms with E-state index in [4.69, 9.17) is 14.2 Å². The summed E-state index contributed by atoms with van der Waals surface area (Å²) >= 11 is 0. The van der Waals surface area contributed by atoms with Gasteiger partial charge in [0.05, 0.1) is 13.2 Å². The molecular weight excluding hydrogens is 354 g/mol. The second-order valence-corrected chi connectivity index (χ2v) is 8.07. The molecule has 0 spiro atoms. The molecule has 0 aliphatic carbocycles. The maximum Gasteiger partial charge on any atom is 0.258 e. The normalized spacial score (nSPS) is 17.4. The van der Waals surface area contributed by atoms with Crippen LogP contribution in [0.4, 0.5) is 0 Å². The van der Waals surface area contributed by atoms with E-state index in [1.807, 2.05) is 56.3 Å². The molecule has 150 valence electrons. The molecule has 0 saturated heterocycles. The Morgan fingerprint density at radius 2 is 2.00 bits per heavy atom. The number of hydrogen-bond donors (Lipinski definition) is 1. The number of hydrogen-bond acceptors (Lipinski definition) is 4. The van der Waals surface area contributed by atoms with E-state index in [1.54, 1.807) is 7.11 Å². The molecule has 0 unspecified atom stereocenters. The van der Waals surface area contributed by atoms with Crippen LogP contribution in [0.3, 0.4) is 0 Å². The largest absolute Gasteiger partial charge is 0.497 e. The van der Waals surface area contributed by atoms with Gasteiger partial charge in [0, 0.05) is 12.0 Å². The van der Waals surface area contributed by atoms with Crippen LogP contribution in [0.15, 0.2) is 42.5 Å². The van der Waals surface area contributed by atoms with Crippen molar-refractivity contribution in [2.75, 3.05) is 13.7 Å². The molecule has 3 rings (SSSR count). The summed E-state index contributed by atoms with van der Waals surface area (Å²) in [6.07, 6.45) is 0.668. The third-order valence-electron chi connectivity index (χ3n) is 4.91. The Hall–Kier alpha value is -2.69. The van der Waals surface area contributed by atoms with Gasteiger partial charge in [0.25, 0.3) is 5.91 Å². The lowest BCUT2D eigenvalue weighted by atomic mass is 9.89. The van der Waals surface area contributed by atoms with Gasteiger partial charge in [0.2, 0.25) is 0 Å².